The van der Waals surface area contributed by atoms with Crippen LogP contribution in [0.4, 0.5) is 0 Å². The van der Waals surface area contributed by atoms with E-state index in [9.17, 15) is 5.53 Å². The smallest absolute Gasteiger partial charge is 0.0654 e. The van der Waals surface area contributed by atoms with Crippen molar-refractivity contribution in [1.29, 1.82) is 0 Å². The molecule has 0 bridgehead atoms. The Bertz CT molecular complexity index is 1640. The number of rotatable bonds is 50. The average Bonchev–Trinajstić information content (AvgIpc) is 3.73. The van der Waals surface area contributed by atoms with E-state index in [4.69, 9.17) is 0 Å². The maximum absolute atomic E-state index is 12.7. The van der Waals surface area contributed by atoms with Crippen LogP contribution in [-0.4, -0.2) is 4.70 Å². The Hall–Kier alpha value is -1.82. The van der Waals surface area contributed by atoms with Crippen LogP contribution >= 0.6 is 0 Å². The molecule has 3 heteroatoms. The molecule has 0 radical (unpaired) electrons. The fourth-order valence-electron chi connectivity index (χ4n) is 11.8. The number of hydrogen-bond donors (Lipinski definition) is 0. The first-order valence-corrected chi connectivity index (χ1v) is 36.8. The van der Waals surface area contributed by atoms with Gasteiger partial charge in [-0.25, -0.2) is 4.70 Å². The minimum Gasteiger partial charge on any atom is -0.0654 e. The molecule has 77 heavy (non-hydrogen) atoms. The fourth-order valence-corrected chi connectivity index (χ4v) is 13.7. The van der Waals surface area contributed by atoms with Crippen LogP contribution in [0.3, 0.4) is 0 Å². The molecule has 0 spiro atoms. The molecule has 1 aliphatic heterocycles. The second-order valence-electron chi connectivity index (χ2n) is 23.9. The number of unbranched alkanes of at least 4 members (excludes halogenated alkanes) is 28. The molecule has 3 rings (SSSR count). The van der Waals surface area contributed by atoms with Crippen LogP contribution in [0.15, 0.2) is 35.4 Å². The summed E-state index contributed by atoms with van der Waals surface area (Å²) in [6.45, 7) is 23.1. The Morgan fingerprint density at radius 1 is 0.273 bits per heavy atom. The van der Waals surface area contributed by atoms with E-state index in [1.807, 2.05) is 0 Å². The molecule has 0 atom stereocenters. The van der Waals surface area contributed by atoms with Crippen LogP contribution in [0.25, 0.3) is 16.9 Å². The van der Waals surface area contributed by atoms with Crippen molar-refractivity contribution in [2.24, 2.45) is 0 Å². The van der Waals surface area contributed by atoms with Crippen LogP contribution in [0.1, 0.15) is 371 Å². The molecule has 0 saturated heterocycles. The molecule has 0 aliphatic carbocycles. The standard InChI is InChI=1S/C48H76N2.2C13H27.Pd/c1-9-17-25-37-33-41(34-38(26-18-10-2)43(37)29-21-13-5)47-45(31-23-15-7)46(32-24-16-8)48(50(47)49)42-35-39(27-19-11-3)44(30-22-14-6)40(36-42)28-20-12-4;2*1-3-5-7-9-11-13-12-10-8-6-4-2;/h33-36H,9-32H2,1-8H3;2*1,3-13H2,2H3;. The number of benzene rings is 2. The van der Waals surface area contributed by atoms with Gasteiger partial charge in [-0.3, -0.25) is 0 Å². The predicted molar refractivity (Wildman–Crippen MR) is 344 cm³/mol. The summed E-state index contributed by atoms with van der Waals surface area (Å²) in [7, 11) is 0. The SMILES string of the molecule is CCCCC1=C(c2cc(CCCC)c(CCCC)c(CCCC)c2)[N+](=[N-])C(c2cc(CCCC)c(CCCC)c(CCCC)c2)=C1CCCC.CCCCCCCCCCCC[CH2][Pd][CH2]CCCCCCCCCCCC. The van der Waals surface area contributed by atoms with E-state index in [0.29, 0.717) is 0 Å². The number of nitrogens with zero attached hydrogens (tertiary/aromatic N) is 2. The average molecular weight is 1150 g/mol. The normalized spacial score (nSPS) is 12.7. The Morgan fingerprint density at radius 2 is 0.494 bits per heavy atom. The summed E-state index contributed by atoms with van der Waals surface area (Å²) in [6, 6.07) is 10.0. The zero-order chi connectivity index (χ0) is 56.0. The van der Waals surface area contributed by atoms with Crippen molar-refractivity contribution < 1.29 is 22.7 Å². The third-order valence-electron chi connectivity index (χ3n) is 16.8. The zero-order valence-corrected chi connectivity index (χ0v) is 55.0. The fraction of sp³-hybridized carbons (Fsp3) is 0.784. The second-order valence-corrected chi connectivity index (χ2v) is 26.2. The molecule has 0 amide bonds. The summed E-state index contributed by atoms with van der Waals surface area (Å²) in [5, 5.41) is 0. The van der Waals surface area contributed by atoms with Gasteiger partial charge in [0.25, 0.3) is 0 Å². The molecule has 446 valence electrons. The van der Waals surface area contributed by atoms with Crippen LogP contribution in [0.5, 0.6) is 0 Å². The molecule has 0 unspecified atom stereocenters. The Labute approximate surface area is 490 Å². The molecule has 0 N–H and O–H groups in total. The summed E-state index contributed by atoms with van der Waals surface area (Å²) < 4.78 is 1.69. The second kappa shape index (κ2) is 48.9. The van der Waals surface area contributed by atoms with Crippen LogP contribution in [-0.2, 0) is 56.5 Å². The van der Waals surface area contributed by atoms with Gasteiger partial charge in [0, 0.05) is 22.3 Å². The Kier molecular flexibility index (Phi) is 45.2. The van der Waals surface area contributed by atoms with Crippen molar-refractivity contribution >= 4 is 11.4 Å². The number of hydrogen-bond acceptors (Lipinski definition) is 0. The minimum absolute atomic E-state index is 1.03. The molecular weight excluding hydrogens is 1020 g/mol. The van der Waals surface area contributed by atoms with E-state index in [2.05, 4.69) is 93.5 Å². The van der Waals surface area contributed by atoms with Gasteiger partial charge in [-0.15, -0.1) is 0 Å². The quantitative estimate of drug-likeness (QED) is 0.0358. The van der Waals surface area contributed by atoms with E-state index in [1.165, 1.54) is 276 Å². The van der Waals surface area contributed by atoms with Gasteiger partial charge in [0.15, 0.2) is 0 Å². The summed E-state index contributed by atoms with van der Waals surface area (Å²) in [4.78, 5) is 3.09. The molecule has 0 aromatic heterocycles. The van der Waals surface area contributed by atoms with Crippen molar-refractivity contribution in [3.8, 4) is 0 Å². The van der Waals surface area contributed by atoms with Crippen LogP contribution in [0, 0.1) is 0 Å². The molecule has 1 heterocycles. The third kappa shape index (κ3) is 29.6. The first kappa shape index (κ1) is 71.3. The summed E-state index contributed by atoms with van der Waals surface area (Å²) in [5.41, 5.74) is 29.5. The topological polar surface area (TPSA) is 25.3 Å². The van der Waals surface area contributed by atoms with Gasteiger partial charge in [0.05, 0.1) is 0 Å². The van der Waals surface area contributed by atoms with Gasteiger partial charge in [-0.1, -0.05) is 121 Å². The van der Waals surface area contributed by atoms with E-state index in [1.54, 1.807) is 25.6 Å². The first-order chi connectivity index (χ1) is 37.8. The van der Waals surface area contributed by atoms with Gasteiger partial charge in [-0.05, 0) is 160 Å². The van der Waals surface area contributed by atoms with E-state index < -0.39 is 0 Å². The Balaban J connectivity index is 0.000000636. The molecule has 0 saturated carbocycles. The third-order valence-corrected chi connectivity index (χ3v) is 18.9. The molecule has 2 aromatic carbocycles. The van der Waals surface area contributed by atoms with Crippen molar-refractivity contribution in [3.63, 3.8) is 0 Å². The van der Waals surface area contributed by atoms with Crippen LogP contribution in [0.2, 0.25) is 9.79 Å². The van der Waals surface area contributed by atoms with Crippen molar-refractivity contribution in [3.05, 3.63) is 85.5 Å². The van der Waals surface area contributed by atoms with Crippen LogP contribution < -0.4 is 0 Å². The minimum atomic E-state index is 1.03. The van der Waals surface area contributed by atoms with Gasteiger partial charge < -0.3 is 5.53 Å². The van der Waals surface area contributed by atoms with Crippen molar-refractivity contribution in [2.45, 2.75) is 374 Å². The molecular formula is C74H130N2Pd. The predicted octanol–water partition coefficient (Wildman–Crippen LogP) is 25.8. The molecule has 2 nitrogen and oxygen atoms in total. The van der Waals surface area contributed by atoms with E-state index in [-0.39, 0.29) is 0 Å². The maximum atomic E-state index is 12.7. The Morgan fingerprint density at radius 3 is 0.753 bits per heavy atom. The summed E-state index contributed by atoms with van der Waals surface area (Å²) in [6.07, 6.45) is 60.7. The van der Waals surface area contributed by atoms with Gasteiger partial charge in [0.1, 0.15) is 0 Å². The molecule has 2 aromatic rings. The number of aryl methyl sites for hydroxylation is 4. The monoisotopic (exact) mass is 1150 g/mol. The molecule has 0 fully saturated rings. The van der Waals surface area contributed by atoms with Gasteiger partial charge in [0.2, 0.25) is 11.4 Å². The molecule has 1 aliphatic rings. The van der Waals surface area contributed by atoms with Crippen molar-refractivity contribution in [2.75, 3.05) is 0 Å². The van der Waals surface area contributed by atoms with Gasteiger partial charge in [-0.2, -0.15) is 0 Å². The first-order valence-electron chi connectivity index (χ1n) is 34.6. The summed E-state index contributed by atoms with van der Waals surface area (Å²) in [5.74, 6) is 0. The van der Waals surface area contributed by atoms with Crippen molar-refractivity contribution in [1.82, 2.24) is 0 Å². The summed E-state index contributed by atoms with van der Waals surface area (Å²) >= 11 is 1.06. The number of allylic oxidation sites excluding steroid dienone is 2. The van der Waals surface area contributed by atoms with Gasteiger partial charge >= 0.3 is 169 Å². The van der Waals surface area contributed by atoms with E-state index in [0.717, 1.165) is 93.6 Å². The van der Waals surface area contributed by atoms with E-state index >= 15 is 0 Å². The zero-order valence-electron chi connectivity index (χ0n) is 53.5.